The van der Waals surface area contributed by atoms with Gasteiger partial charge in [-0.25, -0.2) is 4.72 Å². The number of nitrogens with one attached hydrogen (secondary N) is 2. The van der Waals surface area contributed by atoms with Crippen molar-refractivity contribution in [2.24, 2.45) is 5.73 Å². The lowest BCUT2D eigenvalue weighted by Gasteiger charge is -2.22. The highest BCUT2D eigenvalue weighted by Gasteiger charge is 2.19. The van der Waals surface area contributed by atoms with Crippen LogP contribution in [0.3, 0.4) is 0 Å². The molecule has 4 N–H and O–H groups in total. The molecule has 1 aliphatic carbocycles. The van der Waals surface area contributed by atoms with E-state index in [1.807, 2.05) is 0 Å². The van der Waals surface area contributed by atoms with Crippen LogP contribution in [0.15, 0.2) is 0 Å². The van der Waals surface area contributed by atoms with Crippen LogP contribution in [-0.4, -0.2) is 27.0 Å². The lowest BCUT2D eigenvalue weighted by atomic mass is 9.96. The standard InChI is InChI=1S/C9H21N3O2S/c1-8(10)7-11-15(13,14)12-9-5-3-2-4-6-9/h8-9,11-12H,2-7,10H2,1H3. The van der Waals surface area contributed by atoms with E-state index in [4.69, 9.17) is 5.73 Å². The predicted octanol–water partition coefficient (Wildman–Crippen LogP) is 0.0903. The molecule has 1 aliphatic rings. The van der Waals surface area contributed by atoms with Gasteiger partial charge in [0.15, 0.2) is 0 Å². The van der Waals surface area contributed by atoms with Crippen LogP contribution in [0.1, 0.15) is 39.0 Å². The van der Waals surface area contributed by atoms with E-state index in [0.29, 0.717) is 0 Å². The maximum absolute atomic E-state index is 11.5. The summed E-state index contributed by atoms with van der Waals surface area (Å²) in [7, 11) is -3.36. The minimum atomic E-state index is -3.36. The molecule has 0 aromatic heterocycles. The number of nitrogens with two attached hydrogens (primary N) is 1. The van der Waals surface area contributed by atoms with Gasteiger partial charge in [0, 0.05) is 18.6 Å². The fourth-order valence-electron chi connectivity index (χ4n) is 1.72. The predicted molar refractivity (Wildman–Crippen MR) is 60.6 cm³/mol. The Kier molecular flexibility index (Phi) is 4.98. The number of hydrogen-bond donors (Lipinski definition) is 3. The lowest BCUT2D eigenvalue weighted by molar-refractivity contribution is 0.409. The van der Waals surface area contributed by atoms with Crippen molar-refractivity contribution in [1.82, 2.24) is 9.44 Å². The molecule has 5 nitrogen and oxygen atoms in total. The molecule has 0 bridgehead atoms. The first-order valence-electron chi connectivity index (χ1n) is 5.52. The summed E-state index contributed by atoms with van der Waals surface area (Å²) >= 11 is 0. The maximum atomic E-state index is 11.5. The summed E-state index contributed by atoms with van der Waals surface area (Å²) in [5, 5.41) is 0. The van der Waals surface area contributed by atoms with Crippen molar-refractivity contribution >= 4 is 10.2 Å². The van der Waals surface area contributed by atoms with Crippen LogP contribution in [0.2, 0.25) is 0 Å². The van der Waals surface area contributed by atoms with Gasteiger partial charge in [-0.2, -0.15) is 13.1 Å². The summed E-state index contributed by atoms with van der Waals surface area (Å²) in [6.07, 6.45) is 5.32. The van der Waals surface area contributed by atoms with E-state index in [0.717, 1.165) is 25.7 Å². The van der Waals surface area contributed by atoms with Gasteiger partial charge in [-0.05, 0) is 19.8 Å². The quantitative estimate of drug-likeness (QED) is 0.631. The first kappa shape index (κ1) is 12.9. The van der Waals surface area contributed by atoms with Gasteiger partial charge in [0.1, 0.15) is 0 Å². The molecule has 15 heavy (non-hydrogen) atoms. The van der Waals surface area contributed by atoms with Gasteiger partial charge in [0.05, 0.1) is 0 Å². The molecule has 1 atom stereocenters. The molecule has 1 rings (SSSR count). The van der Waals surface area contributed by atoms with Gasteiger partial charge in [0.25, 0.3) is 10.2 Å². The van der Waals surface area contributed by atoms with E-state index in [-0.39, 0.29) is 18.6 Å². The van der Waals surface area contributed by atoms with Gasteiger partial charge in [-0.15, -0.1) is 0 Å². The fourth-order valence-corrected chi connectivity index (χ4v) is 2.96. The van der Waals surface area contributed by atoms with E-state index >= 15 is 0 Å². The molecule has 0 aliphatic heterocycles. The van der Waals surface area contributed by atoms with Crippen molar-refractivity contribution in [1.29, 1.82) is 0 Å². The van der Waals surface area contributed by atoms with E-state index < -0.39 is 10.2 Å². The van der Waals surface area contributed by atoms with Crippen LogP contribution in [0.4, 0.5) is 0 Å². The van der Waals surface area contributed by atoms with E-state index in [1.54, 1.807) is 6.92 Å². The van der Waals surface area contributed by atoms with Crippen LogP contribution >= 0.6 is 0 Å². The van der Waals surface area contributed by atoms with Crippen LogP contribution in [0.25, 0.3) is 0 Å². The van der Waals surface area contributed by atoms with Crippen molar-refractivity contribution in [2.45, 2.75) is 51.1 Å². The number of rotatable bonds is 5. The second-order valence-corrected chi connectivity index (χ2v) is 5.81. The normalized spacial score (nSPS) is 21.5. The third kappa shape index (κ3) is 5.46. The van der Waals surface area contributed by atoms with Crippen molar-refractivity contribution in [3.63, 3.8) is 0 Å². The highest BCUT2D eigenvalue weighted by molar-refractivity contribution is 7.87. The van der Waals surface area contributed by atoms with Gasteiger partial charge >= 0.3 is 0 Å². The zero-order valence-electron chi connectivity index (χ0n) is 9.20. The lowest BCUT2D eigenvalue weighted by Crippen LogP contribution is -2.46. The molecule has 1 unspecified atom stereocenters. The van der Waals surface area contributed by atoms with Gasteiger partial charge in [0.2, 0.25) is 0 Å². The highest BCUT2D eigenvalue weighted by Crippen LogP contribution is 2.17. The molecular weight excluding hydrogens is 214 g/mol. The molecule has 90 valence electrons. The average molecular weight is 235 g/mol. The topological polar surface area (TPSA) is 84.2 Å². The van der Waals surface area contributed by atoms with Crippen molar-refractivity contribution in [3.8, 4) is 0 Å². The Morgan fingerprint density at radius 1 is 1.33 bits per heavy atom. The first-order chi connectivity index (χ1) is 6.99. The Hall–Kier alpha value is -0.170. The molecule has 0 heterocycles. The Morgan fingerprint density at radius 2 is 1.93 bits per heavy atom. The fraction of sp³-hybridized carbons (Fsp3) is 1.00. The number of hydrogen-bond acceptors (Lipinski definition) is 3. The Balaban J connectivity index is 2.34. The monoisotopic (exact) mass is 235 g/mol. The highest BCUT2D eigenvalue weighted by atomic mass is 32.2. The Bertz CT molecular complexity index is 271. The smallest absolute Gasteiger partial charge is 0.277 e. The van der Waals surface area contributed by atoms with E-state index in [2.05, 4.69) is 9.44 Å². The average Bonchev–Trinajstić information content (AvgIpc) is 2.16. The second kappa shape index (κ2) is 5.79. The van der Waals surface area contributed by atoms with Crippen LogP contribution in [0, 0.1) is 0 Å². The third-order valence-electron chi connectivity index (χ3n) is 2.52. The van der Waals surface area contributed by atoms with Crippen molar-refractivity contribution < 1.29 is 8.42 Å². The molecule has 0 saturated heterocycles. The van der Waals surface area contributed by atoms with Gasteiger partial charge in [-0.1, -0.05) is 19.3 Å². The van der Waals surface area contributed by atoms with Crippen LogP contribution in [-0.2, 0) is 10.2 Å². The first-order valence-corrected chi connectivity index (χ1v) is 7.00. The van der Waals surface area contributed by atoms with Crippen molar-refractivity contribution in [2.75, 3.05) is 6.54 Å². The largest absolute Gasteiger partial charge is 0.327 e. The summed E-state index contributed by atoms with van der Waals surface area (Å²) in [5.74, 6) is 0. The second-order valence-electron chi connectivity index (χ2n) is 4.28. The summed E-state index contributed by atoms with van der Waals surface area (Å²) in [4.78, 5) is 0. The summed E-state index contributed by atoms with van der Waals surface area (Å²) in [6, 6.07) is -0.0581. The van der Waals surface area contributed by atoms with E-state index in [1.165, 1.54) is 6.42 Å². The summed E-state index contributed by atoms with van der Waals surface area (Å²) in [5.41, 5.74) is 5.48. The van der Waals surface area contributed by atoms with Crippen molar-refractivity contribution in [3.05, 3.63) is 0 Å². The Labute approximate surface area is 92.0 Å². The summed E-state index contributed by atoms with van der Waals surface area (Å²) in [6.45, 7) is 2.05. The maximum Gasteiger partial charge on any atom is 0.277 e. The van der Waals surface area contributed by atoms with Gasteiger partial charge < -0.3 is 5.73 Å². The molecule has 1 fully saturated rings. The molecule has 0 spiro atoms. The Morgan fingerprint density at radius 3 is 2.47 bits per heavy atom. The molecule has 0 radical (unpaired) electrons. The zero-order chi connectivity index (χ0) is 11.3. The van der Waals surface area contributed by atoms with Crippen LogP contribution < -0.4 is 15.2 Å². The van der Waals surface area contributed by atoms with Gasteiger partial charge in [-0.3, -0.25) is 0 Å². The molecule has 0 amide bonds. The SMILES string of the molecule is CC(N)CNS(=O)(=O)NC1CCCCC1. The summed E-state index contributed by atoms with van der Waals surface area (Å²) < 4.78 is 28.1. The minimum absolute atomic E-state index is 0.101. The zero-order valence-corrected chi connectivity index (χ0v) is 10.0. The van der Waals surface area contributed by atoms with Crippen LogP contribution in [0.5, 0.6) is 0 Å². The molecule has 1 saturated carbocycles. The van der Waals surface area contributed by atoms with E-state index in [9.17, 15) is 8.42 Å². The minimum Gasteiger partial charge on any atom is -0.327 e. The molecule has 6 heteroatoms. The molecule has 0 aromatic carbocycles. The molecular formula is C9H21N3O2S. The third-order valence-corrected chi connectivity index (χ3v) is 3.71. The molecule has 0 aromatic rings.